The zero-order chi connectivity index (χ0) is 21.3. The van der Waals surface area contributed by atoms with Crippen LogP contribution in [-0.2, 0) is 26.1 Å². The van der Waals surface area contributed by atoms with Crippen molar-refractivity contribution < 1.29 is 22.7 Å². The average Bonchev–Trinajstić information content (AvgIpc) is 2.69. The van der Waals surface area contributed by atoms with E-state index in [2.05, 4.69) is 5.32 Å². The van der Waals surface area contributed by atoms with Gasteiger partial charge >= 0.3 is 0 Å². The highest BCUT2D eigenvalue weighted by molar-refractivity contribution is 7.92. The summed E-state index contributed by atoms with van der Waals surface area (Å²) < 4.78 is 36.2. The summed E-state index contributed by atoms with van der Waals surface area (Å²) in [4.78, 5) is 11.7. The summed E-state index contributed by atoms with van der Waals surface area (Å²) in [6.07, 6.45) is 1.88. The molecule has 2 rings (SSSR count). The highest BCUT2D eigenvalue weighted by atomic mass is 35.5. The molecule has 0 saturated carbocycles. The zero-order valence-corrected chi connectivity index (χ0v) is 18.0. The Morgan fingerprint density at radius 3 is 2.34 bits per heavy atom. The van der Waals surface area contributed by atoms with Crippen LogP contribution in [-0.4, -0.2) is 47.4 Å². The fourth-order valence-electron chi connectivity index (χ4n) is 2.51. The predicted octanol–water partition coefficient (Wildman–Crippen LogP) is 2.84. The van der Waals surface area contributed by atoms with Crippen LogP contribution in [0.3, 0.4) is 0 Å². The van der Waals surface area contributed by atoms with Crippen LogP contribution in [0.25, 0.3) is 0 Å². The van der Waals surface area contributed by atoms with E-state index in [4.69, 9.17) is 21.1 Å². The molecule has 1 amide bonds. The minimum atomic E-state index is -3.49. The van der Waals surface area contributed by atoms with Crippen LogP contribution in [0.15, 0.2) is 48.5 Å². The minimum Gasteiger partial charge on any atom is -0.484 e. The van der Waals surface area contributed by atoms with Gasteiger partial charge in [0.2, 0.25) is 10.0 Å². The average molecular weight is 441 g/mol. The molecule has 0 spiro atoms. The molecule has 29 heavy (non-hydrogen) atoms. The Hall–Kier alpha value is -2.29. The molecule has 0 bridgehead atoms. The largest absolute Gasteiger partial charge is 0.484 e. The monoisotopic (exact) mass is 440 g/mol. The highest BCUT2D eigenvalue weighted by Crippen LogP contribution is 2.24. The predicted molar refractivity (Wildman–Crippen MR) is 114 cm³/mol. The van der Waals surface area contributed by atoms with Crippen molar-refractivity contribution in [2.24, 2.45) is 0 Å². The van der Waals surface area contributed by atoms with E-state index < -0.39 is 10.0 Å². The third-order valence-corrected chi connectivity index (χ3v) is 5.37. The number of ether oxygens (including phenoxy) is 2. The quantitative estimate of drug-likeness (QED) is 0.543. The fraction of sp³-hybridized carbons (Fsp3) is 0.350. The van der Waals surface area contributed by atoms with Crippen molar-refractivity contribution in [1.82, 2.24) is 5.32 Å². The van der Waals surface area contributed by atoms with Crippen LogP contribution in [0.1, 0.15) is 12.0 Å². The van der Waals surface area contributed by atoms with Gasteiger partial charge in [0.15, 0.2) is 6.61 Å². The molecular weight excluding hydrogens is 416 g/mol. The molecule has 7 nitrogen and oxygen atoms in total. The number of hydrogen-bond donors (Lipinski definition) is 1. The van der Waals surface area contributed by atoms with Crippen molar-refractivity contribution in [3.8, 4) is 5.75 Å². The van der Waals surface area contributed by atoms with E-state index in [0.29, 0.717) is 29.6 Å². The molecule has 0 heterocycles. The molecule has 1 N–H and O–H groups in total. The van der Waals surface area contributed by atoms with Gasteiger partial charge in [-0.1, -0.05) is 23.7 Å². The summed E-state index contributed by atoms with van der Waals surface area (Å²) in [5.74, 6) is 0.242. The van der Waals surface area contributed by atoms with E-state index >= 15 is 0 Å². The maximum Gasteiger partial charge on any atom is 0.257 e. The Morgan fingerprint density at radius 2 is 1.76 bits per heavy atom. The summed E-state index contributed by atoms with van der Waals surface area (Å²) in [5, 5.41) is 3.31. The first-order valence-corrected chi connectivity index (χ1v) is 11.2. The number of methoxy groups -OCH3 is 1. The van der Waals surface area contributed by atoms with Crippen molar-refractivity contribution in [2.75, 3.05) is 37.4 Å². The molecule has 0 aliphatic heterocycles. The number of amides is 1. The van der Waals surface area contributed by atoms with E-state index in [1.165, 1.54) is 4.31 Å². The normalized spacial score (nSPS) is 11.1. The van der Waals surface area contributed by atoms with E-state index in [1.807, 2.05) is 0 Å². The molecule has 2 aromatic carbocycles. The van der Waals surface area contributed by atoms with Crippen molar-refractivity contribution in [3.05, 3.63) is 59.1 Å². The lowest BCUT2D eigenvalue weighted by Crippen LogP contribution is -2.30. The van der Waals surface area contributed by atoms with Crippen molar-refractivity contribution in [3.63, 3.8) is 0 Å². The molecule has 0 aromatic heterocycles. The van der Waals surface area contributed by atoms with E-state index in [1.54, 1.807) is 55.6 Å². The molecule has 0 saturated heterocycles. The first kappa shape index (κ1) is 23.0. The fourth-order valence-corrected chi connectivity index (χ4v) is 3.52. The topological polar surface area (TPSA) is 84.9 Å². The third kappa shape index (κ3) is 7.92. The number of benzene rings is 2. The van der Waals surface area contributed by atoms with Gasteiger partial charge in [-0.25, -0.2) is 8.42 Å². The second kappa shape index (κ2) is 11.0. The number of hydrogen-bond acceptors (Lipinski definition) is 5. The minimum absolute atomic E-state index is 0.118. The second-order valence-electron chi connectivity index (χ2n) is 6.37. The molecule has 0 fully saturated rings. The van der Waals surface area contributed by atoms with Gasteiger partial charge in [0.05, 0.1) is 18.5 Å². The Kier molecular flexibility index (Phi) is 8.75. The van der Waals surface area contributed by atoms with E-state index in [-0.39, 0.29) is 19.1 Å². The van der Waals surface area contributed by atoms with Crippen LogP contribution in [0.4, 0.5) is 5.69 Å². The Balaban J connectivity index is 1.98. The molecule has 0 radical (unpaired) electrons. The van der Waals surface area contributed by atoms with Gasteiger partial charge in [-0.3, -0.25) is 9.10 Å². The summed E-state index contributed by atoms with van der Waals surface area (Å²) in [7, 11) is -1.89. The number of nitrogens with one attached hydrogen (secondary N) is 1. The van der Waals surface area contributed by atoms with Crippen LogP contribution < -0.4 is 14.4 Å². The van der Waals surface area contributed by atoms with Gasteiger partial charge in [-0.05, 0) is 48.4 Å². The lowest BCUT2D eigenvalue weighted by atomic mass is 10.2. The summed E-state index contributed by atoms with van der Waals surface area (Å²) in [6, 6.07) is 13.5. The number of halogens is 1. The van der Waals surface area contributed by atoms with Gasteiger partial charge in [0.25, 0.3) is 5.91 Å². The smallest absolute Gasteiger partial charge is 0.257 e. The van der Waals surface area contributed by atoms with Crippen LogP contribution >= 0.6 is 11.6 Å². The van der Waals surface area contributed by atoms with Crippen LogP contribution in [0.2, 0.25) is 5.02 Å². The lowest BCUT2D eigenvalue weighted by molar-refractivity contribution is -0.123. The number of carbonyl (C=O) groups excluding carboxylic acids is 1. The number of rotatable bonds is 11. The van der Waals surface area contributed by atoms with E-state index in [9.17, 15) is 13.2 Å². The van der Waals surface area contributed by atoms with Crippen molar-refractivity contribution in [2.45, 2.75) is 13.0 Å². The van der Waals surface area contributed by atoms with E-state index in [0.717, 1.165) is 18.2 Å². The summed E-state index contributed by atoms with van der Waals surface area (Å²) in [6.45, 7) is 1.16. The number of anilines is 1. The van der Waals surface area contributed by atoms with Gasteiger partial charge in [0.1, 0.15) is 5.75 Å². The molecule has 158 valence electrons. The summed E-state index contributed by atoms with van der Waals surface area (Å²) in [5.41, 5.74) is 1.31. The van der Waals surface area contributed by atoms with Gasteiger partial charge in [-0.2, -0.15) is 0 Å². The zero-order valence-electron chi connectivity index (χ0n) is 16.4. The first-order valence-electron chi connectivity index (χ1n) is 9.00. The standard InChI is InChI=1S/C20H25ClN2O5S/c1-27-13-3-12-22-20(24)15-28-19-10-8-18(9-11-19)23(29(2,25)26)14-16-4-6-17(21)7-5-16/h4-11H,3,12-15H2,1-2H3,(H,22,24). The molecular formula is C20H25ClN2O5S. The Bertz CT molecular complexity index is 886. The molecule has 0 aliphatic carbocycles. The molecule has 9 heteroatoms. The molecule has 2 aromatic rings. The van der Waals surface area contributed by atoms with Gasteiger partial charge in [0, 0.05) is 25.3 Å². The number of nitrogens with zero attached hydrogens (tertiary/aromatic N) is 1. The van der Waals surface area contributed by atoms with Crippen molar-refractivity contribution >= 4 is 33.2 Å². The Morgan fingerprint density at radius 1 is 1.10 bits per heavy atom. The second-order valence-corrected chi connectivity index (χ2v) is 8.72. The van der Waals surface area contributed by atoms with Gasteiger partial charge < -0.3 is 14.8 Å². The number of sulfonamides is 1. The number of carbonyl (C=O) groups is 1. The maximum absolute atomic E-state index is 12.3. The van der Waals surface area contributed by atoms with Crippen LogP contribution in [0, 0.1) is 0 Å². The van der Waals surface area contributed by atoms with Gasteiger partial charge in [-0.15, -0.1) is 0 Å². The first-order chi connectivity index (χ1) is 13.8. The summed E-state index contributed by atoms with van der Waals surface area (Å²) >= 11 is 5.89. The SMILES string of the molecule is COCCCNC(=O)COc1ccc(N(Cc2ccc(Cl)cc2)S(C)(=O)=O)cc1. The molecule has 0 aliphatic rings. The van der Waals surface area contributed by atoms with Crippen LogP contribution in [0.5, 0.6) is 5.75 Å². The maximum atomic E-state index is 12.3. The van der Waals surface area contributed by atoms with Crippen molar-refractivity contribution in [1.29, 1.82) is 0 Å². The molecule has 0 unspecified atom stereocenters. The Labute approximate surface area is 176 Å². The lowest BCUT2D eigenvalue weighted by Gasteiger charge is -2.23. The highest BCUT2D eigenvalue weighted by Gasteiger charge is 2.18. The third-order valence-electron chi connectivity index (χ3n) is 3.98. The molecule has 0 atom stereocenters.